The van der Waals surface area contributed by atoms with Gasteiger partial charge in [0.2, 0.25) is 0 Å². The Kier molecular flexibility index (Phi) is 1.76. The second-order valence-corrected chi connectivity index (χ2v) is 3.71. The summed E-state index contributed by atoms with van der Waals surface area (Å²) in [5.74, 6) is 1.52. The van der Waals surface area contributed by atoms with E-state index in [1.54, 1.807) is 0 Å². The quantitative estimate of drug-likeness (QED) is 0.579. The summed E-state index contributed by atoms with van der Waals surface area (Å²) in [5.41, 5.74) is 2.81. The summed E-state index contributed by atoms with van der Waals surface area (Å²) in [4.78, 5) is 0. The molecular weight excluding hydrogens is 144 g/mol. The van der Waals surface area contributed by atoms with Gasteiger partial charge in [-0.1, -0.05) is 42.5 Å². The van der Waals surface area contributed by atoms with Gasteiger partial charge in [0, 0.05) is 0 Å². The molecule has 0 aliphatic heterocycles. The average molecular weight is 158 g/mol. The Labute approximate surface area is 73.9 Å². The summed E-state index contributed by atoms with van der Waals surface area (Å²) in [6, 6.07) is 10.7. The average Bonchev–Trinajstić information content (AvgIpc) is 2.84. The van der Waals surface area contributed by atoms with E-state index in [4.69, 9.17) is 0 Å². The van der Waals surface area contributed by atoms with Crippen LogP contribution in [0.4, 0.5) is 0 Å². The maximum atomic E-state index is 3.99. The topological polar surface area (TPSA) is 0 Å². The van der Waals surface area contributed by atoms with Crippen LogP contribution < -0.4 is 0 Å². The van der Waals surface area contributed by atoms with Gasteiger partial charge in [0.25, 0.3) is 0 Å². The summed E-state index contributed by atoms with van der Waals surface area (Å²) in [6.07, 6.45) is 1.30. The lowest BCUT2D eigenvalue weighted by Gasteiger charge is -1.98. The molecule has 1 fully saturated rings. The van der Waals surface area contributed by atoms with E-state index in [1.807, 2.05) is 0 Å². The van der Waals surface area contributed by atoms with Crippen LogP contribution >= 0.6 is 0 Å². The van der Waals surface area contributed by atoms with Crippen molar-refractivity contribution in [3.05, 3.63) is 48.0 Å². The third-order valence-corrected chi connectivity index (χ3v) is 2.65. The first-order valence-corrected chi connectivity index (χ1v) is 4.49. The zero-order valence-electron chi connectivity index (χ0n) is 7.46. The van der Waals surface area contributed by atoms with Crippen LogP contribution in [-0.4, -0.2) is 0 Å². The molecule has 1 aliphatic rings. The van der Waals surface area contributed by atoms with E-state index in [9.17, 15) is 0 Å². The molecule has 2 rings (SSSR count). The molecule has 0 nitrogen and oxygen atoms in total. The van der Waals surface area contributed by atoms with Crippen LogP contribution in [0.15, 0.2) is 42.5 Å². The number of hydrogen-bond donors (Lipinski definition) is 0. The lowest BCUT2D eigenvalue weighted by molar-refractivity contribution is 0.945. The van der Waals surface area contributed by atoms with E-state index in [0.717, 1.165) is 11.8 Å². The van der Waals surface area contributed by atoms with Crippen molar-refractivity contribution in [3.63, 3.8) is 0 Å². The minimum atomic E-state index is 0.757. The van der Waals surface area contributed by atoms with Gasteiger partial charge in [0.15, 0.2) is 0 Å². The highest BCUT2D eigenvalue weighted by molar-refractivity contribution is 5.30. The molecule has 0 N–H and O–H groups in total. The summed E-state index contributed by atoms with van der Waals surface area (Å²) in [7, 11) is 0. The van der Waals surface area contributed by atoms with Crippen molar-refractivity contribution in [2.45, 2.75) is 19.3 Å². The standard InChI is InChI=1S/C12H14/c1-9(2)11-8-12(11)10-6-4-3-5-7-10/h3-7,11-12H,1,8H2,2H3/t11-,12+/m0/s1. The molecule has 0 unspecified atom stereocenters. The van der Waals surface area contributed by atoms with Gasteiger partial charge in [-0.15, -0.1) is 0 Å². The SMILES string of the molecule is C=C(C)[C@@H]1C[C@@H]1c1ccccc1. The molecule has 0 heteroatoms. The van der Waals surface area contributed by atoms with Crippen molar-refractivity contribution in [2.75, 3.05) is 0 Å². The molecule has 62 valence electrons. The molecule has 0 saturated heterocycles. The molecule has 1 aromatic carbocycles. The highest BCUT2D eigenvalue weighted by atomic mass is 14.4. The fraction of sp³-hybridized carbons (Fsp3) is 0.333. The summed E-state index contributed by atoms with van der Waals surface area (Å²) in [6.45, 7) is 6.13. The zero-order chi connectivity index (χ0) is 8.55. The third-order valence-electron chi connectivity index (χ3n) is 2.65. The van der Waals surface area contributed by atoms with Gasteiger partial charge in [0.1, 0.15) is 0 Å². The fourth-order valence-corrected chi connectivity index (χ4v) is 1.81. The first kappa shape index (κ1) is 7.60. The highest BCUT2D eigenvalue weighted by Gasteiger charge is 2.38. The normalized spacial score (nSPS) is 26.8. The Morgan fingerprint density at radius 1 is 1.33 bits per heavy atom. The first-order chi connectivity index (χ1) is 5.79. The lowest BCUT2D eigenvalue weighted by atomic mass is 10.1. The Hall–Kier alpha value is -1.04. The second kappa shape index (κ2) is 2.78. The van der Waals surface area contributed by atoms with Crippen molar-refractivity contribution in [3.8, 4) is 0 Å². The Balaban J connectivity index is 2.11. The molecule has 0 amide bonds. The maximum absolute atomic E-state index is 3.99. The van der Waals surface area contributed by atoms with Crippen LogP contribution in [0.3, 0.4) is 0 Å². The summed E-state index contributed by atoms with van der Waals surface area (Å²) in [5, 5.41) is 0. The number of benzene rings is 1. The van der Waals surface area contributed by atoms with E-state index in [1.165, 1.54) is 17.6 Å². The van der Waals surface area contributed by atoms with Crippen LogP contribution in [0, 0.1) is 5.92 Å². The number of allylic oxidation sites excluding steroid dienone is 1. The Morgan fingerprint density at radius 2 is 2.00 bits per heavy atom. The van der Waals surface area contributed by atoms with Crippen molar-refractivity contribution in [1.82, 2.24) is 0 Å². The van der Waals surface area contributed by atoms with Gasteiger partial charge in [-0.05, 0) is 30.7 Å². The van der Waals surface area contributed by atoms with E-state index < -0.39 is 0 Å². The van der Waals surface area contributed by atoms with Gasteiger partial charge in [-0.25, -0.2) is 0 Å². The molecule has 1 saturated carbocycles. The van der Waals surface area contributed by atoms with Gasteiger partial charge in [0.05, 0.1) is 0 Å². The van der Waals surface area contributed by atoms with E-state index >= 15 is 0 Å². The molecule has 0 heterocycles. The van der Waals surface area contributed by atoms with Gasteiger partial charge in [-0.2, -0.15) is 0 Å². The predicted molar refractivity (Wildman–Crippen MR) is 52.1 cm³/mol. The van der Waals surface area contributed by atoms with Gasteiger partial charge < -0.3 is 0 Å². The molecule has 0 radical (unpaired) electrons. The molecule has 1 aromatic rings. The lowest BCUT2D eigenvalue weighted by Crippen LogP contribution is -1.82. The van der Waals surface area contributed by atoms with Crippen LogP contribution in [0.1, 0.15) is 24.8 Å². The van der Waals surface area contributed by atoms with Gasteiger partial charge >= 0.3 is 0 Å². The smallest absolute Gasteiger partial charge is 0.00904 e. The molecular formula is C12H14. The first-order valence-electron chi connectivity index (χ1n) is 4.49. The van der Waals surface area contributed by atoms with E-state index in [0.29, 0.717) is 0 Å². The predicted octanol–water partition coefficient (Wildman–Crippen LogP) is 3.37. The fourth-order valence-electron chi connectivity index (χ4n) is 1.81. The molecule has 0 bridgehead atoms. The van der Waals surface area contributed by atoms with Crippen LogP contribution in [0.25, 0.3) is 0 Å². The van der Waals surface area contributed by atoms with Crippen LogP contribution in [0.2, 0.25) is 0 Å². The highest BCUT2D eigenvalue weighted by Crippen LogP contribution is 2.50. The van der Waals surface area contributed by atoms with E-state index in [2.05, 4.69) is 43.8 Å². The molecule has 0 spiro atoms. The van der Waals surface area contributed by atoms with Crippen LogP contribution in [-0.2, 0) is 0 Å². The van der Waals surface area contributed by atoms with Crippen molar-refractivity contribution < 1.29 is 0 Å². The number of rotatable bonds is 2. The third kappa shape index (κ3) is 1.29. The minimum Gasteiger partial charge on any atom is -0.0998 e. The molecule has 2 atom stereocenters. The molecule has 1 aliphatic carbocycles. The second-order valence-electron chi connectivity index (χ2n) is 3.71. The Morgan fingerprint density at radius 3 is 2.50 bits per heavy atom. The summed E-state index contributed by atoms with van der Waals surface area (Å²) < 4.78 is 0. The maximum Gasteiger partial charge on any atom is -0.00904 e. The van der Waals surface area contributed by atoms with Crippen molar-refractivity contribution in [1.29, 1.82) is 0 Å². The number of hydrogen-bond acceptors (Lipinski definition) is 0. The zero-order valence-corrected chi connectivity index (χ0v) is 7.46. The largest absolute Gasteiger partial charge is 0.0998 e. The van der Waals surface area contributed by atoms with Crippen molar-refractivity contribution in [2.24, 2.45) is 5.92 Å². The van der Waals surface area contributed by atoms with E-state index in [-0.39, 0.29) is 0 Å². The summed E-state index contributed by atoms with van der Waals surface area (Å²) >= 11 is 0. The van der Waals surface area contributed by atoms with Crippen molar-refractivity contribution >= 4 is 0 Å². The van der Waals surface area contributed by atoms with Crippen LogP contribution in [0.5, 0.6) is 0 Å². The minimum absolute atomic E-state index is 0.757. The van der Waals surface area contributed by atoms with Gasteiger partial charge in [-0.3, -0.25) is 0 Å². The molecule has 0 aromatic heterocycles. The Bertz CT molecular complexity index is 284. The monoisotopic (exact) mass is 158 g/mol. The molecule has 12 heavy (non-hydrogen) atoms.